The molecule has 3 aromatic rings. The zero-order valence-corrected chi connectivity index (χ0v) is 16.3. The molecule has 1 saturated heterocycles. The summed E-state index contributed by atoms with van der Waals surface area (Å²) in [7, 11) is 0. The summed E-state index contributed by atoms with van der Waals surface area (Å²) in [6, 6.07) is 15.3. The number of likely N-dealkylation sites (tertiary alicyclic amines) is 1. The maximum absolute atomic E-state index is 13.0. The number of aromatic nitrogens is 2. The van der Waals surface area contributed by atoms with Crippen LogP contribution in [0.2, 0.25) is 0 Å². The van der Waals surface area contributed by atoms with Crippen molar-refractivity contribution in [2.24, 2.45) is 5.92 Å². The molecule has 0 saturated carbocycles. The Morgan fingerprint density at radius 3 is 2.32 bits per heavy atom. The summed E-state index contributed by atoms with van der Waals surface area (Å²) in [4.78, 5) is 23.9. The average molecular weight is 375 g/mol. The van der Waals surface area contributed by atoms with Crippen LogP contribution in [-0.4, -0.2) is 39.0 Å². The number of aryl methyl sites for hydroxylation is 2. The van der Waals surface area contributed by atoms with Crippen molar-refractivity contribution in [3.63, 3.8) is 0 Å². The molecule has 0 bridgehead atoms. The number of piperidine rings is 1. The molecule has 1 atom stereocenters. The van der Waals surface area contributed by atoms with E-state index in [1.165, 1.54) is 0 Å². The van der Waals surface area contributed by atoms with Crippen LogP contribution in [-0.2, 0) is 0 Å². The summed E-state index contributed by atoms with van der Waals surface area (Å²) in [5.41, 5.74) is 4.95. The van der Waals surface area contributed by atoms with E-state index >= 15 is 0 Å². The van der Waals surface area contributed by atoms with Crippen LogP contribution in [0.5, 0.6) is 0 Å². The lowest BCUT2D eigenvalue weighted by Gasteiger charge is -2.34. The number of carbonyl (C=O) groups excluding carboxylic acids is 1. The normalized spacial score (nSPS) is 16.3. The number of rotatable bonds is 3. The molecule has 1 fully saturated rings. The summed E-state index contributed by atoms with van der Waals surface area (Å²) in [5, 5.41) is 10.6. The Balaban J connectivity index is 1.45. The maximum atomic E-state index is 13.0. The van der Waals surface area contributed by atoms with E-state index in [2.05, 4.69) is 9.97 Å². The molecule has 1 aromatic heterocycles. The molecule has 0 aliphatic carbocycles. The van der Waals surface area contributed by atoms with Gasteiger partial charge in [0.1, 0.15) is 0 Å². The van der Waals surface area contributed by atoms with Gasteiger partial charge in [-0.1, -0.05) is 30.3 Å². The smallest absolute Gasteiger partial charge is 0.253 e. The van der Waals surface area contributed by atoms with Gasteiger partial charge < -0.3 is 10.0 Å². The first kappa shape index (κ1) is 18.6. The van der Waals surface area contributed by atoms with Gasteiger partial charge in [0.25, 0.3) is 5.91 Å². The molecule has 0 radical (unpaired) electrons. The molecule has 1 aliphatic heterocycles. The molecule has 5 heteroatoms. The Morgan fingerprint density at radius 2 is 1.64 bits per heavy atom. The Bertz CT molecular complexity index is 995. The first-order chi connectivity index (χ1) is 13.5. The van der Waals surface area contributed by atoms with Gasteiger partial charge in [-0.25, -0.2) is 9.97 Å². The van der Waals surface area contributed by atoms with Gasteiger partial charge in [-0.2, -0.15) is 0 Å². The highest BCUT2D eigenvalue weighted by molar-refractivity contribution is 5.97. The van der Waals surface area contributed by atoms with Crippen LogP contribution in [0.25, 0.3) is 11.0 Å². The van der Waals surface area contributed by atoms with E-state index in [1.54, 1.807) is 0 Å². The molecule has 1 amide bonds. The van der Waals surface area contributed by atoms with Crippen molar-refractivity contribution in [1.29, 1.82) is 0 Å². The summed E-state index contributed by atoms with van der Waals surface area (Å²) < 4.78 is 0. The number of aliphatic hydroxyl groups is 1. The second-order valence-electron chi connectivity index (χ2n) is 7.58. The van der Waals surface area contributed by atoms with Gasteiger partial charge in [-0.15, -0.1) is 0 Å². The van der Waals surface area contributed by atoms with Crippen molar-refractivity contribution < 1.29 is 9.90 Å². The summed E-state index contributed by atoms with van der Waals surface area (Å²) in [5.74, 6) is 0.203. The Kier molecular flexibility index (Phi) is 5.09. The third-order valence-electron chi connectivity index (χ3n) is 5.74. The van der Waals surface area contributed by atoms with Crippen molar-refractivity contribution >= 4 is 16.9 Å². The van der Waals surface area contributed by atoms with Crippen LogP contribution in [0, 0.1) is 19.8 Å². The number of hydrogen-bond acceptors (Lipinski definition) is 4. The minimum absolute atomic E-state index is 0.0228. The SMILES string of the molecule is Cc1nc2ccc(C(=O)N3CCC([C@H](O)c4ccccc4)CC3)cc2nc1C. The molecule has 5 nitrogen and oxygen atoms in total. The minimum atomic E-state index is -0.472. The standard InChI is InChI=1S/C23H25N3O2/c1-15-16(2)25-21-14-19(8-9-20(21)24-15)23(28)26-12-10-18(11-13-26)22(27)17-6-4-3-5-7-17/h3-9,14,18,22,27H,10-13H2,1-2H3/t22-/m1/s1. The average Bonchev–Trinajstić information content (AvgIpc) is 2.74. The topological polar surface area (TPSA) is 66.3 Å². The molecule has 1 aliphatic rings. The van der Waals surface area contributed by atoms with E-state index in [4.69, 9.17) is 0 Å². The maximum Gasteiger partial charge on any atom is 0.253 e. The van der Waals surface area contributed by atoms with Crippen LogP contribution in [0.4, 0.5) is 0 Å². The van der Waals surface area contributed by atoms with Crippen molar-refractivity contribution in [3.05, 3.63) is 71.0 Å². The Labute approximate surface area is 165 Å². The molecular formula is C23H25N3O2. The van der Waals surface area contributed by atoms with Crippen molar-refractivity contribution in [3.8, 4) is 0 Å². The first-order valence-electron chi connectivity index (χ1n) is 9.80. The van der Waals surface area contributed by atoms with Gasteiger partial charge in [0.15, 0.2) is 0 Å². The quantitative estimate of drug-likeness (QED) is 0.755. The predicted molar refractivity (Wildman–Crippen MR) is 109 cm³/mol. The van der Waals surface area contributed by atoms with Gasteiger partial charge in [-0.05, 0) is 56.4 Å². The van der Waals surface area contributed by atoms with E-state index < -0.39 is 6.10 Å². The fourth-order valence-electron chi connectivity index (χ4n) is 3.89. The molecule has 0 spiro atoms. The third-order valence-corrected chi connectivity index (χ3v) is 5.74. The molecule has 144 valence electrons. The molecular weight excluding hydrogens is 350 g/mol. The largest absolute Gasteiger partial charge is 0.388 e. The zero-order chi connectivity index (χ0) is 19.7. The first-order valence-corrected chi connectivity index (χ1v) is 9.80. The van der Waals surface area contributed by atoms with Crippen LogP contribution in [0.1, 0.15) is 46.3 Å². The van der Waals surface area contributed by atoms with Crippen molar-refractivity contribution in [2.45, 2.75) is 32.8 Å². The van der Waals surface area contributed by atoms with Crippen LogP contribution in [0.15, 0.2) is 48.5 Å². The lowest BCUT2D eigenvalue weighted by Crippen LogP contribution is -2.39. The van der Waals surface area contributed by atoms with Crippen LogP contribution in [0.3, 0.4) is 0 Å². The van der Waals surface area contributed by atoms with Crippen molar-refractivity contribution in [1.82, 2.24) is 14.9 Å². The van der Waals surface area contributed by atoms with E-state index in [0.29, 0.717) is 18.7 Å². The molecule has 28 heavy (non-hydrogen) atoms. The molecule has 2 aromatic carbocycles. The van der Waals surface area contributed by atoms with E-state index in [-0.39, 0.29) is 11.8 Å². The van der Waals surface area contributed by atoms with Crippen molar-refractivity contribution in [2.75, 3.05) is 13.1 Å². The predicted octanol–water partition coefficient (Wildman–Crippen LogP) is 3.83. The second-order valence-corrected chi connectivity index (χ2v) is 7.58. The van der Waals surface area contributed by atoms with Gasteiger partial charge in [-0.3, -0.25) is 4.79 Å². The third kappa shape index (κ3) is 3.62. The monoisotopic (exact) mass is 375 g/mol. The van der Waals surface area contributed by atoms with Gasteiger partial charge in [0.05, 0.1) is 28.5 Å². The summed E-state index contributed by atoms with van der Waals surface area (Å²) >= 11 is 0. The fourth-order valence-corrected chi connectivity index (χ4v) is 3.89. The van der Waals surface area contributed by atoms with E-state index in [0.717, 1.165) is 40.8 Å². The lowest BCUT2D eigenvalue weighted by molar-refractivity contribution is 0.0462. The van der Waals surface area contributed by atoms with E-state index in [9.17, 15) is 9.90 Å². The van der Waals surface area contributed by atoms with Crippen LogP contribution < -0.4 is 0 Å². The zero-order valence-electron chi connectivity index (χ0n) is 16.3. The van der Waals surface area contributed by atoms with Gasteiger partial charge >= 0.3 is 0 Å². The highest BCUT2D eigenvalue weighted by atomic mass is 16.3. The molecule has 4 rings (SSSR count). The lowest BCUT2D eigenvalue weighted by atomic mass is 9.87. The second kappa shape index (κ2) is 7.68. The highest BCUT2D eigenvalue weighted by Crippen LogP contribution is 2.31. The number of hydrogen-bond donors (Lipinski definition) is 1. The fraction of sp³-hybridized carbons (Fsp3) is 0.348. The highest BCUT2D eigenvalue weighted by Gasteiger charge is 2.28. The Hall–Kier alpha value is -2.79. The molecule has 2 heterocycles. The Morgan fingerprint density at radius 1 is 1.00 bits per heavy atom. The number of benzene rings is 2. The number of fused-ring (bicyclic) bond motifs is 1. The van der Waals surface area contributed by atoms with E-state index in [1.807, 2.05) is 67.3 Å². The number of nitrogens with zero attached hydrogens (tertiary/aromatic N) is 3. The number of aliphatic hydroxyl groups excluding tert-OH is 1. The molecule has 1 N–H and O–H groups in total. The number of amides is 1. The van der Waals surface area contributed by atoms with Crippen LogP contribution >= 0.6 is 0 Å². The summed E-state index contributed by atoms with van der Waals surface area (Å²) in [6.45, 7) is 5.18. The molecule has 0 unspecified atom stereocenters. The summed E-state index contributed by atoms with van der Waals surface area (Å²) in [6.07, 6.45) is 1.13. The van der Waals surface area contributed by atoms with Gasteiger partial charge in [0.2, 0.25) is 0 Å². The van der Waals surface area contributed by atoms with Gasteiger partial charge in [0, 0.05) is 18.7 Å². The minimum Gasteiger partial charge on any atom is -0.388 e. The number of carbonyl (C=O) groups is 1.